The zero-order chi connectivity index (χ0) is 12.5. The lowest BCUT2D eigenvalue weighted by Gasteiger charge is -2.23. The number of nitrogens with zero attached hydrogens (tertiary/aromatic N) is 5. The van der Waals surface area contributed by atoms with Gasteiger partial charge in [0, 0.05) is 6.20 Å². The molecule has 0 saturated carbocycles. The molecule has 2 rings (SSSR count). The number of H-pyrrole nitrogens is 1. The lowest BCUT2D eigenvalue weighted by Crippen LogP contribution is -2.39. The van der Waals surface area contributed by atoms with Crippen LogP contribution in [0, 0.1) is 0 Å². The molecule has 2 aromatic heterocycles. The summed E-state index contributed by atoms with van der Waals surface area (Å²) < 4.78 is 1.29. The van der Waals surface area contributed by atoms with Gasteiger partial charge in [-0.25, -0.2) is 9.48 Å². The first-order valence-electron chi connectivity index (χ1n) is 5.11. The van der Waals surface area contributed by atoms with Crippen molar-refractivity contribution in [1.29, 1.82) is 0 Å². The third-order valence-electron chi connectivity index (χ3n) is 2.83. The van der Waals surface area contributed by atoms with E-state index in [9.17, 15) is 9.90 Å². The van der Waals surface area contributed by atoms with Crippen LogP contribution in [0.25, 0.3) is 11.5 Å². The van der Waals surface area contributed by atoms with Gasteiger partial charge in [0.25, 0.3) is 0 Å². The summed E-state index contributed by atoms with van der Waals surface area (Å²) in [6, 6.07) is 1.68. The van der Waals surface area contributed by atoms with Gasteiger partial charge in [-0.05, 0) is 29.8 Å². The van der Waals surface area contributed by atoms with E-state index in [0.29, 0.717) is 17.9 Å². The second kappa shape index (κ2) is 3.96. The lowest BCUT2D eigenvalue weighted by molar-refractivity contribution is -0.147. The molecule has 0 aliphatic carbocycles. The van der Waals surface area contributed by atoms with Gasteiger partial charge < -0.3 is 5.11 Å². The highest BCUT2D eigenvalue weighted by atomic mass is 16.4. The first-order chi connectivity index (χ1) is 8.09. The van der Waals surface area contributed by atoms with Gasteiger partial charge >= 0.3 is 5.97 Å². The lowest BCUT2D eigenvalue weighted by atomic mass is 9.99. The number of nitrogens with one attached hydrogen (secondary N) is 1. The first kappa shape index (κ1) is 11.2. The summed E-state index contributed by atoms with van der Waals surface area (Å²) in [6.45, 7) is 3.35. The van der Waals surface area contributed by atoms with Crippen LogP contribution >= 0.6 is 0 Å². The SMILES string of the molecule is CCC(C)(C(=O)O)n1nnnc1-c1ccn[nH]1. The van der Waals surface area contributed by atoms with E-state index in [1.165, 1.54) is 4.68 Å². The molecule has 0 amide bonds. The molecule has 1 unspecified atom stereocenters. The number of rotatable bonds is 4. The van der Waals surface area contributed by atoms with Crippen LogP contribution < -0.4 is 0 Å². The largest absolute Gasteiger partial charge is 0.479 e. The predicted octanol–water partition coefficient (Wildman–Crippen LogP) is 0.273. The monoisotopic (exact) mass is 236 g/mol. The van der Waals surface area contributed by atoms with Crippen molar-refractivity contribution in [3.05, 3.63) is 12.3 Å². The quantitative estimate of drug-likeness (QED) is 0.788. The summed E-state index contributed by atoms with van der Waals surface area (Å²) in [7, 11) is 0. The zero-order valence-corrected chi connectivity index (χ0v) is 9.45. The van der Waals surface area contributed by atoms with Crippen LogP contribution in [0.4, 0.5) is 0 Å². The molecular weight excluding hydrogens is 224 g/mol. The van der Waals surface area contributed by atoms with E-state index >= 15 is 0 Å². The topological polar surface area (TPSA) is 110 Å². The van der Waals surface area contributed by atoms with Crippen molar-refractivity contribution in [2.45, 2.75) is 25.8 Å². The van der Waals surface area contributed by atoms with Crippen LogP contribution in [0.1, 0.15) is 20.3 Å². The maximum atomic E-state index is 11.3. The van der Waals surface area contributed by atoms with Crippen molar-refractivity contribution in [3.8, 4) is 11.5 Å². The Kier molecular flexibility index (Phi) is 2.62. The molecule has 8 nitrogen and oxygen atoms in total. The Bertz CT molecular complexity index is 519. The molecule has 0 spiro atoms. The standard InChI is InChI=1S/C9H12N6O2/c1-3-9(2,8(16)17)15-7(12-13-14-15)6-4-5-10-11-6/h4-5H,3H2,1-2H3,(H,10,11)(H,16,17). The van der Waals surface area contributed by atoms with Crippen molar-refractivity contribution in [2.24, 2.45) is 0 Å². The number of carboxylic acids is 1. The minimum Gasteiger partial charge on any atom is -0.479 e. The van der Waals surface area contributed by atoms with Gasteiger partial charge in [-0.15, -0.1) is 5.10 Å². The van der Waals surface area contributed by atoms with E-state index in [2.05, 4.69) is 25.7 Å². The van der Waals surface area contributed by atoms with E-state index in [-0.39, 0.29) is 0 Å². The van der Waals surface area contributed by atoms with Crippen LogP contribution in [0.3, 0.4) is 0 Å². The third kappa shape index (κ3) is 1.67. The Morgan fingerprint density at radius 3 is 2.94 bits per heavy atom. The van der Waals surface area contributed by atoms with Crippen molar-refractivity contribution in [2.75, 3.05) is 0 Å². The van der Waals surface area contributed by atoms with Crippen LogP contribution in [0.15, 0.2) is 12.3 Å². The number of carbonyl (C=O) groups is 1. The third-order valence-corrected chi connectivity index (χ3v) is 2.83. The van der Waals surface area contributed by atoms with E-state index in [0.717, 1.165) is 0 Å². The maximum absolute atomic E-state index is 11.3. The van der Waals surface area contributed by atoms with Crippen LogP contribution in [0.5, 0.6) is 0 Å². The molecule has 8 heteroatoms. The fraction of sp³-hybridized carbons (Fsp3) is 0.444. The predicted molar refractivity (Wildman–Crippen MR) is 57.0 cm³/mol. The minimum absolute atomic E-state index is 0.356. The molecular formula is C9H12N6O2. The van der Waals surface area contributed by atoms with E-state index in [1.807, 2.05) is 0 Å². The van der Waals surface area contributed by atoms with Crippen molar-refractivity contribution in [1.82, 2.24) is 30.4 Å². The first-order valence-corrected chi connectivity index (χ1v) is 5.11. The zero-order valence-electron chi connectivity index (χ0n) is 9.45. The summed E-state index contributed by atoms with van der Waals surface area (Å²) >= 11 is 0. The number of tetrazole rings is 1. The van der Waals surface area contributed by atoms with Gasteiger partial charge in [0.05, 0.1) is 0 Å². The van der Waals surface area contributed by atoms with Crippen molar-refractivity contribution < 1.29 is 9.90 Å². The normalized spacial score (nSPS) is 14.5. The molecule has 0 aromatic carbocycles. The second-order valence-corrected chi connectivity index (χ2v) is 3.82. The second-order valence-electron chi connectivity index (χ2n) is 3.82. The fourth-order valence-corrected chi connectivity index (χ4v) is 1.46. The molecule has 0 saturated heterocycles. The van der Waals surface area contributed by atoms with Crippen LogP contribution in [-0.4, -0.2) is 41.5 Å². The molecule has 1 atom stereocenters. The minimum atomic E-state index is -1.18. The summed E-state index contributed by atoms with van der Waals surface area (Å²) in [6.07, 6.45) is 1.92. The molecule has 0 aliphatic heterocycles. The molecule has 0 radical (unpaired) electrons. The number of aromatic amines is 1. The number of aromatic nitrogens is 6. The molecule has 2 N–H and O–H groups in total. The molecule has 90 valence electrons. The molecule has 2 heterocycles. The van der Waals surface area contributed by atoms with E-state index < -0.39 is 11.5 Å². The van der Waals surface area contributed by atoms with Gasteiger partial charge in [-0.3, -0.25) is 5.10 Å². The number of aliphatic carboxylic acids is 1. The summed E-state index contributed by atoms with van der Waals surface area (Å²) in [5.41, 5.74) is -0.597. The van der Waals surface area contributed by atoms with Crippen LogP contribution in [0.2, 0.25) is 0 Å². The Hall–Kier alpha value is -2.25. The Morgan fingerprint density at radius 1 is 1.65 bits per heavy atom. The summed E-state index contributed by atoms with van der Waals surface area (Å²) in [5, 5.41) is 26.9. The highest BCUT2D eigenvalue weighted by molar-refractivity contribution is 5.76. The fourth-order valence-electron chi connectivity index (χ4n) is 1.46. The smallest absolute Gasteiger partial charge is 0.331 e. The average Bonchev–Trinajstić information content (AvgIpc) is 2.97. The Labute approximate surface area is 96.6 Å². The number of hydrogen-bond donors (Lipinski definition) is 2. The van der Waals surface area contributed by atoms with Gasteiger partial charge in [0.15, 0.2) is 5.54 Å². The molecule has 0 bridgehead atoms. The van der Waals surface area contributed by atoms with E-state index in [1.54, 1.807) is 26.1 Å². The highest BCUT2D eigenvalue weighted by Crippen LogP contribution is 2.24. The summed E-state index contributed by atoms with van der Waals surface area (Å²) in [5.74, 6) is -0.623. The molecule has 0 fully saturated rings. The molecule has 17 heavy (non-hydrogen) atoms. The maximum Gasteiger partial charge on any atom is 0.331 e. The van der Waals surface area contributed by atoms with Gasteiger partial charge in [0.1, 0.15) is 5.69 Å². The summed E-state index contributed by atoms with van der Waals surface area (Å²) in [4.78, 5) is 11.3. The average molecular weight is 236 g/mol. The van der Waals surface area contributed by atoms with Gasteiger partial charge in [-0.1, -0.05) is 6.92 Å². The van der Waals surface area contributed by atoms with E-state index in [4.69, 9.17) is 0 Å². The van der Waals surface area contributed by atoms with Crippen molar-refractivity contribution in [3.63, 3.8) is 0 Å². The van der Waals surface area contributed by atoms with Crippen LogP contribution in [-0.2, 0) is 10.3 Å². The number of carboxylic acid groups (broad SMARTS) is 1. The molecule has 0 aliphatic rings. The van der Waals surface area contributed by atoms with Crippen molar-refractivity contribution >= 4 is 5.97 Å². The Balaban J connectivity index is 2.54. The number of hydrogen-bond acceptors (Lipinski definition) is 5. The van der Waals surface area contributed by atoms with Gasteiger partial charge in [-0.2, -0.15) is 5.10 Å². The highest BCUT2D eigenvalue weighted by Gasteiger charge is 2.37. The van der Waals surface area contributed by atoms with Gasteiger partial charge in [0.2, 0.25) is 5.82 Å². The molecule has 2 aromatic rings. The Morgan fingerprint density at radius 2 is 2.41 bits per heavy atom.